The highest BCUT2D eigenvalue weighted by Gasteiger charge is 2.55. The molecule has 0 aliphatic heterocycles. The van der Waals surface area contributed by atoms with Gasteiger partial charge in [0.05, 0.1) is 13.8 Å². The zero-order valence-electron chi connectivity index (χ0n) is 13.7. The molecule has 0 amide bonds. The quantitative estimate of drug-likeness (QED) is 0.863. The van der Waals surface area contributed by atoms with E-state index in [9.17, 15) is 0 Å². The second kappa shape index (κ2) is 4.66. The van der Waals surface area contributed by atoms with E-state index < -0.39 is 8.07 Å². The van der Waals surface area contributed by atoms with Gasteiger partial charge in [0, 0.05) is 18.3 Å². The van der Waals surface area contributed by atoms with E-state index in [4.69, 9.17) is 4.98 Å². The molecule has 21 heavy (non-hydrogen) atoms. The summed E-state index contributed by atoms with van der Waals surface area (Å²) in [5.41, 5.74) is 1.68. The first-order valence-electron chi connectivity index (χ1n) is 8.64. The van der Waals surface area contributed by atoms with Gasteiger partial charge in [0.15, 0.2) is 0 Å². The van der Waals surface area contributed by atoms with Gasteiger partial charge in [-0.1, -0.05) is 25.7 Å². The van der Waals surface area contributed by atoms with E-state index in [0.29, 0.717) is 5.54 Å². The minimum atomic E-state index is -1.21. The lowest BCUT2D eigenvalue weighted by Crippen LogP contribution is -2.47. The maximum Gasteiger partial charge on any atom is 0.0796 e. The van der Waals surface area contributed by atoms with Gasteiger partial charge in [-0.15, -0.1) is 0 Å². The van der Waals surface area contributed by atoms with Gasteiger partial charge in [0.1, 0.15) is 0 Å². The fourth-order valence-electron chi connectivity index (χ4n) is 5.28. The maximum absolute atomic E-state index is 4.71. The van der Waals surface area contributed by atoms with Crippen LogP contribution in [0.4, 0.5) is 0 Å². The van der Waals surface area contributed by atoms with Crippen LogP contribution in [-0.4, -0.2) is 18.6 Å². The van der Waals surface area contributed by atoms with Crippen molar-refractivity contribution in [3.8, 4) is 0 Å². The number of rotatable bonds is 4. The largest absolute Gasteiger partial charge is 0.306 e. The van der Waals surface area contributed by atoms with Crippen molar-refractivity contribution in [3.63, 3.8) is 0 Å². The van der Waals surface area contributed by atoms with E-state index in [1.807, 2.05) is 0 Å². The molecule has 2 atom stereocenters. The van der Waals surface area contributed by atoms with Crippen LogP contribution >= 0.6 is 0 Å². The van der Waals surface area contributed by atoms with Crippen LogP contribution in [0.25, 0.3) is 0 Å². The topological polar surface area (TPSA) is 24.9 Å². The van der Waals surface area contributed by atoms with E-state index >= 15 is 0 Å². The van der Waals surface area contributed by atoms with Crippen LogP contribution in [0.2, 0.25) is 19.6 Å². The van der Waals surface area contributed by atoms with E-state index in [1.165, 1.54) is 43.0 Å². The molecule has 1 heterocycles. The van der Waals surface area contributed by atoms with Crippen molar-refractivity contribution in [2.24, 2.45) is 17.8 Å². The van der Waals surface area contributed by atoms with Crippen LogP contribution in [0, 0.1) is 17.8 Å². The van der Waals surface area contributed by atoms with Gasteiger partial charge in [-0.05, 0) is 61.1 Å². The molecule has 4 bridgehead atoms. The van der Waals surface area contributed by atoms with Crippen molar-refractivity contribution in [1.82, 2.24) is 10.3 Å². The third-order valence-electron chi connectivity index (χ3n) is 6.26. The third kappa shape index (κ3) is 2.48. The summed E-state index contributed by atoms with van der Waals surface area (Å²) in [6.07, 6.45) is 9.46. The molecule has 5 rings (SSSR count). The molecule has 0 spiro atoms. The Kier molecular flexibility index (Phi) is 3.10. The number of hydrogen-bond donors (Lipinski definition) is 1. The first-order valence-corrected chi connectivity index (χ1v) is 12.1. The van der Waals surface area contributed by atoms with Crippen LogP contribution in [0.15, 0.2) is 18.3 Å². The fourth-order valence-corrected chi connectivity index (χ4v) is 6.31. The molecule has 0 aromatic carbocycles. The second-order valence-electron chi connectivity index (χ2n) is 8.89. The molecule has 4 fully saturated rings. The average Bonchev–Trinajstić information content (AvgIpc) is 2.84. The van der Waals surface area contributed by atoms with Crippen molar-refractivity contribution >= 4 is 13.3 Å². The molecule has 4 aliphatic carbocycles. The molecule has 2 nitrogen and oxygen atoms in total. The minimum absolute atomic E-state index is 0.468. The molecule has 0 radical (unpaired) electrons. The first-order chi connectivity index (χ1) is 9.94. The summed E-state index contributed by atoms with van der Waals surface area (Å²) in [5.74, 6) is 3.11. The molecule has 4 saturated carbocycles. The Bertz CT molecular complexity index is 512. The Labute approximate surface area is 129 Å². The minimum Gasteiger partial charge on any atom is -0.306 e. The molecular formula is C18H28N2Si. The zero-order valence-corrected chi connectivity index (χ0v) is 14.7. The van der Waals surface area contributed by atoms with Crippen LogP contribution in [0.3, 0.4) is 0 Å². The van der Waals surface area contributed by atoms with Gasteiger partial charge in [-0.2, -0.15) is 0 Å². The van der Waals surface area contributed by atoms with Gasteiger partial charge >= 0.3 is 0 Å². The highest BCUT2D eigenvalue weighted by atomic mass is 28.3. The summed E-state index contributed by atoms with van der Waals surface area (Å²) in [4.78, 5) is 4.71. The Morgan fingerprint density at radius 1 is 1.14 bits per heavy atom. The lowest BCUT2D eigenvalue weighted by atomic mass is 9.76. The standard InChI is InChI=1S/C18H28N2Si/c1-21(2,3)17-5-4-16(19-12-17)11-20-18-8-13-6-14(9-18)15(7-13)10-18/h4-5,12-15,20H,6-11H2,1-3H3. The smallest absolute Gasteiger partial charge is 0.0796 e. The van der Waals surface area contributed by atoms with Crippen molar-refractivity contribution in [1.29, 1.82) is 0 Å². The molecule has 2 unspecified atom stereocenters. The Hall–Kier alpha value is -0.673. The van der Waals surface area contributed by atoms with Gasteiger partial charge in [-0.25, -0.2) is 0 Å². The van der Waals surface area contributed by atoms with Gasteiger partial charge in [-0.3, -0.25) is 4.98 Å². The predicted octanol–water partition coefficient (Wildman–Crippen LogP) is 3.30. The number of pyridine rings is 1. The van der Waals surface area contributed by atoms with Crippen LogP contribution < -0.4 is 10.5 Å². The fraction of sp³-hybridized carbons (Fsp3) is 0.722. The van der Waals surface area contributed by atoms with Crippen molar-refractivity contribution in [2.45, 2.75) is 63.8 Å². The van der Waals surface area contributed by atoms with Gasteiger partial charge < -0.3 is 5.32 Å². The summed E-state index contributed by atoms with van der Waals surface area (Å²) in [6.45, 7) is 8.10. The number of nitrogens with one attached hydrogen (secondary N) is 1. The number of hydrogen-bond acceptors (Lipinski definition) is 2. The van der Waals surface area contributed by atoms with E-state index in [2.05, 4.69) is 43.3 Å². The molecule has 0 saturated heterocycles. The highest BCUT2D eigenvalue weighted by molar-refractivity contribution is 6.88. The first kappa shape index (κ1) is 14.0. The van der Waals surface area contributed by atoms with Crippen molar-refractivity contribution in [2.75, 3.05) is 0 Å². The molecule has 114 valence electrons. The summed E-state index contributed by atoms with van der Waals surface area (Å²) in [6, 6.07) is 4.55. The summed E-state index contributed by atoms with van der Waals surface area (Å²) in [7, 11) is -1.21. The molecule has 3 heteroatoms. The van der Waals surface area contributed by atoms with Crippen LogP contribution in [-0.2, 0) is 6.54 Å². The molecule has 1 aromatic heterocycles. The summed E-state index contributed by atoms with van der Waals surface area (Å²) >= 11 is 0. The Balaban J connectivity index is 1.41. The summed E-state index contributed by atoms with van der Waals surface area (Å²) in [5, 5.41) is 5.37. The molecule has 1 aromatic rings. The maximum atomic E-state index is 4.71. The zero-order chi connectivity index (χ0) is 14.7. The predicted molar refractivity (Wildman–Crippen MR) is 90.3 cm³/mol. The highest BCUT2D eigenvalue weighted by Crippen LogP contribution is 2.59. The summed E-state index contributed by atoms with van der Waals surface area (Å²) < 4.78 is 0. The average molecular weight is 301 g/mol. The SMILES string of the molecule is C[Si](C)(C)c1ccc(CNC23CC4CC(C2)C(C4)C3)nc1. The van der Waals surface area contributed by atoms with Gasteiger partial charge in [0.2, 0.25) is 0 Å². The van der Waals surface area contributed by atoms with Crippen LogP contribution in [0.1, 0.15) is 37.8 Å². The molecular weight excluding hydrogens is 272 g/mol. The normalized spacial score (nSPS) is 37.4. The monoisotopic (exact) mass is 300 g/mol. The second-order valence-corrected chi connectivity index (χ2v) is 14.0. The lowest BCUT2D eigenvalue weighted by molar-refractivity contribution is 0.182. The van der Waals surface area contributed by atoms with E-state index in [0.717, 1.165) is 24.3 Å². The number of aromatic nitrogens is 1. The van der Waals surface area contributed by atoms with Gasteiger partial charge in [0.25, 0.3) is 0 Å². The van der Waals surface area contributed by atoms with Crippen molar-refractivity contribution < 1.29 is 0 Å². The molecule has 1 N–H and O–H groups in total. The lowest BCUT2D eigenvalue weighted by Gasteiger charge is -2.39. The molecule has 4 aliphatic rings. The number of nitrogens with zero attached hydrogens (tertiary/aromatic N) is 1. The Morgan fingerprint density at radius 3 is 2.38 bits per heavy atom. The van der Waals surface area contributed by atoms with E-state index in [1.54, 1.807) is 0 Å². The third-order valence-corrected chi connectivity index (χ3v) is 8.29. The Morgan fingerprint density at radius 2 is 1.86 bits per heavy atom. The van der Waals surface area contributed by atoms with Crippen LogP contribution in [0.5, 0.6) is 0 Å². The van der Waals surface area contributed by atoms with E-state index in [-0.39, 0.29) is 0 Å². The van der Waals surface area contributed by atoms with Crippen molar-refractivity contribution in [3.05, 3.63) is 24.0 Å².